The van der Waals surface area contributed by atoms with Crippen LogP contribution in [-0.4, -0.2) is 44.4 Å². The lowest BCUT2D eigenvalue weighted by molar-refractivity contribution is -0.0328. The average molecular weight is 326 g/mol. The van der Waals surface area contributed by atoms with Gasteiger partial charge in [0.1, 0.15) is 0 Å². The molecular weight excluding hydrogens is 313 g/mol. The van der Waals surface area contributed by atoms with E-state index in [1.807, 2.05) is 0 Å². The minimum atomic E-state index is -4.38. The van der Waals surface area contributed by atoms with Gasteiger partial charge in [0, 0.05) is 31.1 Å². The number of sulfonamides is 1. The Kier molecular flexibility index (Phi) is 4.62. The number of rotatable bonds is 3. The first kappa shape index (κ1) is 15.6. The Balaban J connectivity index is 2.16. The molecule has 1 N–H and O–H groups in total. The summed E-state index contributed by atoms with van der Waals surface area (Å²) in [4.78, 5) is -0.0114. The van der Waals surface area contributed by atoms with Crippen LogP contribution in [0.15, 0.2) is 34.1 Å². The second-order valence-electron chi connectivity index (χ2n) is 4.17. The fourth-order valence-corrected chi connectivity index (χ4v) is 3.83. The Morgan fingerprint density at radius 3 is 2.15 bits per heavy atom. The predicted octanol–water partition coefficient (Wildman–Crippen LogP) is 1.89. The molecular formula is C11H13F3N2O2S2. The lowest BCUT2D eigenvalue weighted by atomic mass is 10.4. The van der Waals surface area contributed by atoms with Gasteiger partial charge >= 0.3 is 5.51 Å². The number of hydrogen-bond donors (Lipinski definition) is 1. The summed E-state index contributed by atoms with van der Waals surface area (Å²) >= 11 is -0.263. The second-order valence-corrected chi connectivity index (χ2v) is 7.25. The summed E-state index contributed by atoms with van der Waals surface area (Å²) in [6.07, 6.45) is 0. The van der Waals surface area contributed by atoms with Gasteiger partial charge in [-0.15, -0.1) is 0 Å². The number of benzene rings is 1. The molecule has 1 heterocycles. The van der Waals surface area contributed by atoms with Crippen LogP contribution < -0.4 is 5.32 Å². The van der Waals surface area contributed by atoms with E-state index in [2.05, 4.69) is 5.32 Å². The standard InChI is InChI=1S/C11H13F3N2O2S2/c12-11(13,14)19-9-1-3-10(4-2-9)20(17,18)16-7-5-15-6-8-16/h1-4,15H,5-8H2. The summed E-state index contributed by atoms with van der Waals surface area (Å²) in [5, 5.41) is 3.04. The summed E-state index contributed by atoms with van der Waals surface area (Å²) in [7, 11) is -3.62. The summed E-state index contributed by atoms with van der Waals surface area (Å²) in [5.41, 5.74) is -4.38. The Morgan fingerprint density at radius 2 is 1.65 bits per heavy atom. The van der Waals surface area contributed by atoms with Crippen molar-refractivity contribution < 1.29 is 21.6 Å². The average Bonchev–Trinajstić information content (AvgIpc) is 2.38. The zero-order valence-corrected chi connectivity index (χ0v) is 12.0. The van der Waals surface area contributed by atoms with Crippen LogP contribution in [0.4, 0.5) is 13.2 Å². The summed E-state index contributed by atoms with van der Waals surface area (Å²) in [6.45, 7) is 1.87. The Morgan fingerprint density at radius 1 is 1.10 bits per heavy atom. The first-order valence-electron chi connectivity index (χ1n) is 5.86. The van der Waals surface area contributed by atoms with Gasteiger partial charge in [-0.25, -0.2) is 8.42 Å². The van der Waals surface area contributed by atoms with E-state index < -0.39 is 15.5 Å². The van der Waals surface area contributed by atoms with Gasteiger partial charge in [0.2, 0.25) is 10.0 Å². The topological polar surface area (TPSA) is 49.4 Å². The van der Waals surface area contributed by atoms with Crippen LogP contribution in [0.3, 0.4) is 0 Å². The van der Waals surface area contributed by atoms with Crippen LogP contribution in [0.2, 0.25) is 0 Å². The SMILES string of the molecule is O=S(=O)(c1ccc(SC(F)(F)F)cc1)N1CCNCC1. The van der Waals surface area contributed by atoms with E-state index in [4.69, 9.17) is 0 Å². The zero-order valence-electron chi connectivity index (χ0n) is 10.4. The van der Waals surface area contributed by atoms with Crippen LogP contribution in [0.1, 0.15) is 0 Å². The van der Waals surface area contributed by atoms with Crippen molar-refractivity contribution >= 4 is 21.8 Å². The third kappa shape index (κ3) is 3.87. The molecule has 1 aliphatic heterocycles. The van der Waals surface area contributed by atoms with E-state index >= 15 is 0 Å². The summed E-state index contributed by atoms with van der Waals surface area (Å²) < 4.78 is 62.4. The number of thioether (sulfide) groups is 1. The minimum absolute atomic E-state index is 0.0194. The Labute approximate surface area is 119 Å². The zero-order chi connectivity index (χ0) is 14.8. The molecule has 0 aliphatic carbocycles. The maximum Gasteiger partial charge on any atom is 0.446 e. The van der Waals surface area contributed by atoms with Crippen molar-refractivity contribution in [3.05, 3.63) is 24.3 Å². The molecule has 1 aromatic rings. The molecule has 0 radical (unpaired) electrons. The Bertz CT molecular complexity index is 552. The quantitative estimate of drug-likeness (QED) is 0.862. The second kappa shape index (κ2) is 5.92. The molecule has 112 valence electrons. The molecule has 0 atom stereocenters. The van der Waals surface area contributed by atoms with Crippen LogP contribution >= 0.6 is 11.8 Å². The third-order valence-electron chi connectivity index (χ3n) is 2.77. The molecule has 9 heteroatoms. The lowest BCUT2D eigenvalue weighted by Crippen LogP contribution is -2.46. The maximum atomic E-state index is 12.3. The first-order valence-corrected chi connectivity index (χ1v) is 8.11. The van der Waals surface area contributed by atoms with Gasteiger partial charge in [-0.2, -0.15) is 17.5 Å². The highest BCUT2D eigenvalue weighted by Gasteiger charge is 2.30. The van der Waals surface area contributed by atoms with Gasteiger partial charge in [-0.05, 0) is 36.0 Å². The van der Waals surface area contributed by atoms with E-state index in [1.54, 1.807) is 0 Å². The fraction of sp³-hybridized carbons (Fsp3) is 0.455. The first-order chi connectivity index (χ1) is 9.29. The molecule has 0 spiro atoms. The van der Waals surface area contributed by atoms with Crippen LogP contribution in [0, 0.1) is 0 Å². The van der Waals surface area contributed by atoms with E-state index in [9.17, 15) is 21.6 Å². The van der Waals surface area contributed by atoms with Crippen molar-refractivity contribution in [2.75, 3.05) is 26.2 Å². The molecule has 1 aromatic carbocycles. The number of piperazine rings is 1. The molecule has 0 saturated carbocycles. The molecule has 4 nitrogen and oxygen atoms in total. The molecule has 2 rings (SSSR count). The third-order valence-corrected chi connectivity index (χ3v) is 5.42. The van der Waals surface area contributed by atoms with Gasteiger partial charge in [0.15, 0.2) is 0 Å². The monoisotopic (exact) mass is 326 g/mol. The van der Waals surface area contributed by atoms with Crippen molar-refractivity contribution in [1.82, 2.24) is 9.62 Å². The van der Waals surface area contributed by atoms with Crippen molar-refractivity contribution in [3.8, 4) is 0 Å². The van der Waals surface area contributed by atoms with Crippen molar-refractivity contribution in [3.63, 3.8) is 0 Å². The number of alkyl halides is 3. The van der Waals surface area contributed by atoms with Crippen LogP contribution in [0.5, 0.6) is 0 Å². The smallest absolute Gasteiger partial charge is 0.314 e. The molecule has 0 bridgehead atoms. The molecule has 0 amide bonds. The van der Waals surface area contributed by atoms with E-state index in [-0.39, 0.29) is 21.6 Å². The number of nitrogens with one attached hydrogen (secondary N) is 1. The fourth-order valence-electron chi connectivity index (χ4n) is 1.85. The highest BCUT2D eigenvalue weighted by atomic mass is 32.2. The molecule has 20 heavy (non-hydrogen) atoms. The number of nitrogens with zero attached hydrogens (tertiary/aromatic N) is 1. The van der Waals surface area contributed by atoms with Crippen LogP contribution in [-0.2, 0) is 10.0 Å². The van der Waals surface area contributed by atoms with Gasteiger partial charge in [-0.1, -0.05) is 0 Å². The molecule has 1 saturated heterocycles. The number of hydrogen-bond acceptors (Lipinski definition) is 4. The van der Waals surface area contributed by atoms with Gasteiger partial charge in [0.25, 0.3) is 0 Å². The van der Waals surface area contributed by atoms with Crippen molar-refractivity contribution in [2.45, 2.75) is 15.3 Å². The molecule has 1 fully saturated rings. The van der Waals surface area contributed by atoms with E-state index in [0.29, 0.717) is 26.2 Å². The molecule has 1 aliphatic rings. The molecule has 0 aromatic heterocycles. The van der Waals surface area contributed by atoms with Gasteiger partial charge in [0.05, 0.1) is 4.90 Å². The highest BCUT2D eigenvalue weighted by Crippen LogP contribution is 2.37. The predicted molar refractivity (Wildman–Crippen MR) is 70.0 cm³/mol. The van der Waals surface area contributed by atoms with Gasteiger partial charge in [-0.3, -0.25) is 0 Å². The van der Waals surface area contributed by atoms with Gasteiger partial charge < -0.3 is 5.32 Å². The Hall–Kier alpha value is -0.770. The molecule has 0 unspecified atom stereocenters. The lowest BCUT2D eigenvalue weighted by Gasteiger charge is -2.26. The minimum Gasteiger partial charge on any atom is -0.314 e. The van der Waals surface area contributed by atoms with Crippen molar-refractivity contribution in [2.24, 2.45) is 0 Å². The van der Waals surface area contributed by atoms with E-state index in [1.165, 1.54) is 28.6 Å². The normalized spacial score (nSPS) is 18.1. The summed E-state index contributed by atoms with van der Waals surface area (Å²) in [5.74, 6) is 0. The summed E-state index contributed by atoms with van der Waals surface area (Å²) in [6, 6.07) is 4.78. The highest BCUT2D eigenvalue weighted by molar-refractivity contribution is 8.00. The largest absolute Gasteiger partial charge is 0.446 e. The maximum absolute atomic E-state index is 12.3. The van der Waals surface area contributed by atoms with Crippen LogP contribution in [0.25, 0.3) is 0 Å². The van der Waals surface area contributed by atoms with Crippen molar-refractivity contribution in [1.29, 1.82) is 0 Å². The number of halogens is 3. The van der Waals surface area contributed by atoms with E-state index in [0.717, 1.165) is 0 Å².